The van der Waals surface area contributed by atoms with Crippen molar-refractivity contribution in [2.24, 2.45) is 5.92 Å². The molecule has 1 unspecified atom stereocenters. The standard InChI is InChI=1S/C22H30N2O3S/c1-16(2)20(19-8-6-5-7-9-19)15-23-22(25)12-13-24-28(26,27)21-11-10-17(3)14-18(21)4/h5-11,14,16,20,24H,12-13,15H2,1-4H3,(H,23,25). The quantitative estimate of drug-likeness (QED) is 0.674. The van der Waals surface area contributed by atoms with Crippen LogP contribution in [0.3, 0.4) is 0 Å². The Bertz CT molecular complexity index is 893. The lowest BCUT2D eigenvalue weighted by Crippen LogP contribution is -2.34. The summed E-state index contributed by atoms with van der Waals surface area (Å²) in [5, 5.41) is 2.93. The Kier molecular flexibility index (Phi) is 7.78. The molecule has 2 rings (SSSR count). The van der Waals surface area contributed by atoms with Crippen molar-refractivity contribution in [2.45, 2.75) is 44.9 Å². The first kappa shape index (κ1) is 22.1. The number of hydrogen-bond acceptors (Lipinski definition) is 3. The van der Waals surface area contributed by atoms with Gasteiger partial charge in [-0.3, -0.25) is 4.79 Å². The largest absolute Gasteiger partial charge is 0.355 e. The molecule has 0 aromatic heterocycles. The Hall–Kier alpha value is -2.18. The van der Waals surface area contributed by atoms with Gasteiger partial charge >= 0.3 is 0 Å². The molecule has 0 bridgehead atoms. The Labute approximate surface area is 168 Å². The number of benzene rings is 2. The average Bonchev–Trinajstić information content (AvgIpc) is 2.62. The maximum atomic E-state index is 12.4. The summed E-state index contributed by atoms with van der Waals surface area (Å²) in [6.07, 6.45) is 0.101. The molecular formula is C22H30N2O3S. The summed E-state index contributed by atoms with van der Waals surface area (Å²) < 4.78 is 27.4. The Morgan fingerprint density at radius 1 is 1.04 bits per heavy atom. The Morgan fingerprint density at radius 3 is 2.32 bits per heavy atom. The van der Waals surface area contributed by atoms with Crippen LogP contribution in [0.4, 0.5) is 0 Å². The summed E-state index contributed by atoms with van der Waals surface area (Å²) in [6.45, 7) is 8.54. The molecule has 2 aromatic rings. The molecule has 1 atom stereocenters. The van der Waals surface area contributed by atoms with Gasteiger partial charge in [0.05, 0.1) is 4.90 Å². The van der Waals surface area contributed by atoms with Crippen molar-refractivity contribution in [2.75, 3.05) is 13.1 Å². The highest BCUT2D eigenvalue weighted by Crippen LogP contribution is 2.23. The van der Waals surface area contributed by atoms with E-state index < -0.39 is 10.0 Å². The molecule has 152 valence electrons. The zero-order valence-corrected chi connectivity index (χ0v) is 17.8. The molecule has 2 N–H and O–H groups in total. The van der Waals surface area contributed by atoms with E-state index in [1.165, 1.54) is 5.56 Å². The van der Waals surface area contributed by atoms with Crippen LogP contribution >= 0.6 is 0 Å². The van der Waals surface area contributed by atoms with Crippen LogP contribution in [0.1, 0.15) is 42.9 Å². The Balaban J connectivity index is 1.86. The van der Waals surface area contributed by atoms with E-state index in [-0.39, 0.29) is 29.7 Å². The van der Waals surface area contributed by atoms with Gasteiger partial charge in [-0.25, -0.2) is 13.1 Å². The van der Waals surface area contributed by atoms with Gasteiger partial charge in [0.2, 0.25) is 15.9 Å². The third-order valence-electron chi connectivity index (χ3n) is 4.82. The number of carbonyl (C=O) groups is 1. The molecule has 0 saturated carbocycles. The topological polar surface area (TPSA) is 75.3 Å². The van der Waals surface area contributed by atoms with Crippen molar-refractivity contribution in [3.05, 3.63) is 65.2 Å². The normalized spacial score (nSPS) is 12.8. The molecule has 2 aromatic carbocycles. The van der Waals surface area contributed by atoms with Crippen LogP contribution < -0.4 is 10.0 Å². The minimum atomic E-state index is -3.62. The van der Waals surface area contributed by atoms with E-state index in [0.717, 1.165) is 5.56 Å². The van der Waals surface area contributed by atoms with E-state index in [1.54, 1.807) is 19.1 Å². The zero-order valence-electron chi connectivity index (χ0n) is 17.0. The monoisotopic (exact) mass is 402 g/mol. The van der Waals surface area contributed by atoms with Crippen LogP contribution in [0, 0.1) is 19.8 Å². The Morgan fingerprint density at radius 2 is 1.71 bits per heavy atom. The van der Waals surface area contributed by atoms with Crippen molar-refractivity contribution in [1.82, 2.24) is 10.0 Å². The van der Waals surface area contributed by atoms with Crippen molar-refractivity contribution >= 4 is 15.9 Å². The van der Waals surface area contributed by atoms with Crippen LogP contribution in [0.2, 0.25) is 0 Å². The smallest absolute Gasteiger partial charge is 0.240 e. The molecule has 0 spiro atoms. The van der Waals surface area contributed by atoms with Crippen LogP contribution in [-0.2, 0) is 14.8 Å². The summed E-state index contributed by atoms with van der Waals surface area (Å²) in [4.78, 5) is 12.4. The number of hydrogen-bond donors (Lipinski definition) is 2. The van der Waals surface area contributed by atoms with Crippen molar-refractivity contribution in [1.29, 1.82) is 0 Å². The van der Waals surface area contributed by atoms with E-state index in [9.17, 15) is 13.2 Å². The summed E-state index contributed by atoms with van der Waals surface area (Å²) in [7, 11) is -3.62. The molecule has 0 fully saturated rings. The van der Waals surface area contributed by atoms with E-state index in [4.69, 9.17) is 0 Å². The highest BCUT2D eigenvalue weighted by Gasteiger charge is 2.18. The van der Waals surface area contributed by atoms with E-state index in [1.807, 2.05) is 31.2 Å². The first-order valence-corrected chi connectivity index (χ1v) is 11.1. The van der Waals surface area contributed by atoms with Crippen LogP contribution in [0.5, 0.6) is 0 Å². The molecule has 6 heteroatoms. The third-order valence-corrected chi connectivity index (χ3v) is 6.44. The molecule has 0 heterocycles. The number of carbonyl (C=O) groups excluding carboxylic acids is 1. The maximum absolute atomic E-state index is 12.4. The average molecular weight is 403 g/mol. The fraction of sp³-hybridized carbons (Fsp3) is 0.409. The predicted molar refractivity (Wildman–Crippen MR) is 113 cm³/mol. The lowest BCUT2D eigenvalue weighted by Gasteiger charge is -2.22. The van der Waals surface area contributed by atoms with E-state index >= 15 is 0 Å². The van der Waals surface area contributed by atoms with Gasteiger partial charge in [0, 0.05) is 25.4 Å². The second kappa shape index (κ2) is 9.85. The van der Waals surface area contributed by atoms with Crippen molar-refractivity contribution < 1.29 is 13.2 Å². The second-order valence-electron chi connectivity index (χ2n) is 7.48. The van der Waals surface area contributed by atoms with Gasteiger partial charge < -0.3 is 5.32 Å². The van der Waals surface area contributed by atoms with E-state index in [0.29, 0.717) is 18.0 Å². The summed E-state index contributed by atoms with van der Waals surface area (Å²) in [6, 6.07) is 15.3. The number of sulfonamides is 1. The highest BCUT2D eigenvalue weighted by atomic mass is 32.2. The molecule has 0 saturated heterocycles. The third kappa shape index (κ3) is 6.17. The molecular weight excluding hydrogens is 372 g/mol. The fourth-order valence-corrected chi connectivity index (χ4v) is 4.48. The minimum Gasteiger partial charge on any atom is -0.355 e. The molecule has 0 aliphatic carbocycles. The van der Waals surface area contributed by atoms with Gasteiger partial charge in [-0.2, -0.15) is 0 Å². The molecule has 5 nitrogen and oxygen atoms in total. The van der Waals surface area contributed by atoms with Gasteiger partial charge in [-0.1, -0.05) is 61.9 Å². The summed E-state index contributed by atoms with van der Waals surface area (Å²) in [5.41, 5.74) is 2.89. The minimum absolute atomic E-state index is 0.0686. The number of rotatable bonds is 9. The summed E-state index contributed by atoms with van der Waals surface area (Å²) in [5.74, 6) is 0.438. The van der Waals surface area contributed by atoms with Crippen molar-refractivity contribution in [3.63, 3.8) is 0 Å². The molecule has 1 amide bonds. The van der Waals surface area contributed by atoms with Gasteiger partial charge in [-0.05, 0) is 37.0 Å². The van der Waals surface area contributed by atoms with Crippen molar-refractivity contribution in [3.8, 4) is 0 Å². The van der Waals surface area contributed by atoms with Crippen LogP contribution in [-0.4, -0.2) is 27.4 Å². The molecule has 0 radical (unpaired) electrons. The van der Waals surface area contributed by atoms with Gasteiger partial charge in [0.15, 0.2) is 0 Å². The lowest BCUT2D eigenvalue weighted by atomic mass is 9.88. The first-order chi connectivity index (χ1) is 13.2. The first-order valence-electron chi connectivity index (χ1n) is 9.59. The van der Waals surface area contributed by atoms with Gasteiger partial charge in [-0.15, -0.1) is 0 Å². The summed E-state index contributed by atoms with van der Waals surface area (Å²) >= 11 is 0. The molecule has 28 heavy (non-hydrogen) atoms. The van der Waals surface area contributed by atoms with Crippen LogP contribution in [0.15, 0.2) is 53.4 Å². The number of amides is 1. The number of aryl methyl sites for hydroxylation is 2. The van der Waals surface area contributed by atoms with Gasteiger partial charge in [0.25, 0.3) is 0 Å². The SMILES string of the molecule is Cc1ccc(S(=O)(=O)NCCC(=O)NCC(c2ccccc2)C(C)C)c(C)c1. The van der Waals surface area contributed by atoms with E-state index in [2.05, 4.69) is 36.0 Å². The highest BCUT2D eigenvalue weighted by molar-refractivity contribution is 7.89. The lowest BCUT2D eigenvalue weighted by molar-refractivity contribution is -0.121. The number of nitrogens with one attached hydrogen (secondary N) is 2. The van der Waals surface area contributed by atoms with Crippen LogP contribution in [0.25, 0.3) is 0 Å². The molecule has 0 aliphatic rings. The molecule has 0 aliphatic heterocycles. The maximum Gasteiger partial charge on any atom is 0.240 e. The zero-order chi connectivity index (χ0) is 20.7. The fourth-order valence-electron chi connectivity index (χ4n) is 3.23. The van der Waals surface area contributed by atoms with Gasteiger partial charge in [0.1, 0.15) is 0 Å². The predicted octanol–water partition coefficient (Wildman–Crippen LogP) is 3.53. The second-order valence-corrected chi connectivity index (χ2v) is 9.22.